The lowest BCUT2D eigenvalue weighted by atomic mass is 10.0. The van der Waals surface area contributed by atoms with E-state index in [1.54, 1.807) is 12.7 Å². The molecule has 0 fully saturated rings. The fraction of sp³-hybridized carbons (Fsp3) is 0.136. The van der Waals surface area contributed by atoms with Crippen LogP contribution in [0.3, 0.4) is 0 Å². The summed E-state index contributed by atoms with van der Waals surface area (Å²) in [6.07, 6.45) is 3.44. The zero-order valence-corrected chi connectivity index (χ0v) is 15.2. The van der Waals surface area contributed by atoms with Crippen LogP contribution in [0.5, 0.6) is 0 Å². The van der Waals surface area contributed by atoms with E-state index in [0.29, 0.717) is 0 Å². The summed E-state index contributed by atoms with van der Waals surface area (Å²) in [6, 6.07) is 21.7. The number of aryl methyl sites for hydroxylation is 3. The van der Waals surface area contributed by atoms with Crippen LogP contribution in [0.2, 0.25) is 0 Å². The van der Waals surface area contributed by atoms with Gasteiger partial charge in [-0.1, -0.05) is 56.9 Å². The number of nitrogens with zero attached hydrogens (tertiary/aromatic N) is 4. The Morgan fingerprint density at radius 1 is 0.654 bits per heavy atom. The highest BCUT2D eigenvalue weighted by molar-refractivity contribution is 5.69. The Labute approximate surface area is 153 Å². The molecular weight excluding hydrogens is 320 g/mol. The summed E-state index contributed by atoms with van der Waals surface area (Å²) < 4.78 is 4.03. The molecule has 0 amide bonds. The Bertz CT molecular complexity index is 1030. The molecule has 0 spiro atoms. The number of hydrogen-bond acceptors (Lipinski definition) is 2. The summed E-state index contributed by atoms with van der Waals surface area (Å²) in [7, 11) is 0. The molecule has 4 heteroatoms. The Morgan fingerprint density at radius 3 is 1.77 bits per heavy atom. The van der Waals surface area contributed by atoms with E-state index in [0.717, 1.165) is 17.0 Å². The van der Waals surface area contributed by atoms with Crippen molar-refractivity contribution in [2.45, 2.75) is 20.8 Å². The lowest BCUT2D eigenvalue weighted by Crippen LogP contribution is -2.45. The van der Waals surface area contributed by atoms with Gasteiger partial charge in [-0.15, -0.1) is 10.2 Å². The second kappa shape index (κ2) is 6.56. The van der Waals surface area contributed by atoms with Gasteiger partial charge in [0.1, 0.15) is 0 Å². The first-order chi connectivity index (χ1) is 12.6. The minimum atomic E-state index is 1.10. The molecule has 0 atom stereocenters. The van der Waals surface area contributed by atoms with Gasteiger partial charge in [0.15, 0.2) is 12.7 Å². The maximum atomic E-state index is 3.97. The third-order valence-electron chi connectivity index (χ3n) is 4.59. The molecule has 2 aromatic heterocycles. The van der Waals surface area contributed by atoms with Crippen molar-refractivity contribution in [3.05, 3.63) is 90.1 Å². The Balaban J connectivity index is 1.95. The normalized spacial score (nSPS) is 10.9. The van der Waals surface area contributed by atoms with Crippen molar-refractivity contribution in [2.75, 3.05) is 0 Å². The van der Waals surface area contributed by atoms with Crippen LogP contribution >= 0.6 is 0 Å². The minimum Gasteiger partial charge on any atom is -0.133 e. The molecule has 26 heavy (non-hydrogen) atoms. The van der Waals surface area contributed by atoms with Crippen LogP contribution in [-0.4, -0.2) is 14.9 Å². The van der Waals surface area contributed by atoms with Gasteiger partial charge in [-0.2, -0.15) is 0 Å². The van der Waals surface area contributed by atoms with E-state index in [1.807, 2.05) is 4.68 Å². The Kier molecular flexibility index (Phi) is 4.09. The molecule has 2 heterocycles. The number of hydrogen-bond donors (Lipinski definition) is 0. The van der Waals surface area contributed by atoms with Crippen LogP contribution in [0.4, 0.5) is 0 Å². The molecule has 0 saturated heterocycles. The topological polar surface area (TPSA) is 34.6 Å². The second-order valence-corrected chi connectivity index (χ2v) is 6.66. The second-order valence-electron chi connectivity index (χ2n) is 6.66. The Hall–Kier alpha value is -3.27. The number of aromatic nitrogens is 4. The molecule has 0 bridgehead atoms. The molecule has 0 aliphatic rings. The van der Waals surface area contributed by atoms with Crippen LogP contribution in [0.25, 0.3) is 22.4 Å². The van der Waals surface area contributed by atoms with Crippen molar-refractivity contribution in [3.8, 4) is 22.4 Å². The van der Waals surface area contributed by atoms with Crippen molar-refractivity contribution >= 4 is 0 Å². The van der Waals surface area contributed by atoms with Gasteiger partial charge < -0.3 is 0 Å². The van der Waals surface area contributed by atoms with Gasteiger partial charge in [0, 0.05) is 24.6 Å². The maximum Gasteiger partial charge on any atom is 0.244 e. The summed E-state index contributed by atoms with van der Waals surface area (Å²) in [4.78, 5) is 0. The lowest BCUT2D eigenvalue weighted by molar-refractivity contribution is -0.723. The molecule has 0 N–H and O–H groups in total. The average molecular weight is 341 g/mol. The van der Waals surface area contributed by atoms with E-state index >= 15 is 0 Å². The first-order valence-electron chi connectivity index (χ1n) is 8.68. The largest absolute Gasteiger partial charge is 0.244 e. The minimum absolute atomic E-state index is 1.10. The quantitative estimate of drug-likeness (QED) is 0.525. The number of pyridine rings is 1. The average Bonchev–Trinajstić information content (AvgIpc) is 3.16. The number of benzene rings is 2. The third-order valence-corrected chi connectivity index (χ3v) is 4.59. The molecule has 0 aliphatic carbocycles. The van der Waals surface area contributed by atoms with E-state index in [9.17, 15) is 0 Å². The Morgan fingerprint density at radius 2 is 1.19 bits per heavy atom. The molecule has 4 aromatic rings. The van der Waals surface area contributed by atoms with Crippen molar-refractivity contribution in [1.29, 1.82) is 0 Å². The van der Waals surface area contributed by atoms with Gasteiger partial charge in [-0.05, 0) is 37.1 Å². The van der Waals surface area contributed by atoms with E-state index in [-0.39, 0.29) is 0 Å². The van der Waals surface area contributed by atoms with E-state index in [2.05, 4.69) is 96.3 Å². The first kappa shape index (κ1) is 16.2. The molecule has 0 aliphatic heterocycles. The SMILES string of the molecule is Cc1ccc(-c2cc(C)[n+](-n3cnnc3)c(-c3ccc(C)cc3)c2)cc1. The fourth-order valence-corrected chi connectivity index (χ4v) is 3.17. The molecule has 2 aromatic carbocycles. The summed E-state index contributed by atoms with van der Waals surface area (Å²) in [6.45, 7) is 6.32. The highest BCUT2D eigenvalue weighted by Gasteiger charge is 2.21. The molecular formula is C22H21N4+. The smallest absolute Gasteiger partial charge is 0.133 e. The third kappa shape index (κ3) is 3.02. The predicted molar refractivity (Wildman–Crippen MR) is 103 cm³/mol. The van der Waals surface area contributed by atoms with Crippen LogP contribution < -0.4 is 4.68 Å². The predicted octanol–water partition coefficient (Wildman–Crippen LogP) is 4.14. The first-order valence-corrected chi connectivity index (χ1v) is 8.68. The van der Waals surface area contributed by atoms with Crippen molar-refractivity contribution < 1.29 is 4.68 Å². The van der Waals surface area contributed by atoms with Gasteiger partial charge >= 0.3 is 0 Å². The van der Waals surface area contributed by atoms with Crippen LogP contribution in [0.1, 0.15) is 16.8 Å². The van der Waals surface area contributed by atoms with E-state index in [4.69, 9.17) is 0 Å². The van der Waals surface area contributed by atoms with E-state index in [1.165, 1.54) is 22.3 Å². The lowest BCUT2D eigenvalue weighted by Gasteiger charge is -2.10. The molecule has 0 saturated carbocycles. The summed E-state index contributed by atoms with van der Waals surface area (Å²) in [5.41, 5.74) is 8.28. The summed E-state index contributed by atoms with van der Waals surface area (Å²) in [5, 5.41) is 7.94. The van der Waals surface area contributed by atoms with Crippen molar-refractivity contribution in [1.82, 2.24) is 14.9 Å². The van der Waals surface area contributed by atoms with Crippen LogP contribution in [0.15, 0.2) is 73.3 Å². The van der Waals surface area contributed by atoms with Crippen molar-refractivity contribution in [3.63, 3.8) is 0 Å². The van der Waals surface area contributed by atoms with Crippen LogP contribution in [-0.2, 0) is 0 Å². The maximum absolute atomic E-state index is 3.97. The summed E-state index contributed by atoms with van der Waals surface area (Å²) >= 11 is 0. The van der Waals surface area contributed by atoms with Gasteiger partial charge in [-0.25, -0.2) is 0 Å². The van der Waals surface area contributed by atoms with Gasteiger partial charge in [0.25, 0.3) is 0 Å². The highest BCUT2D eigenvalue weighted by Crippen LogP contribution is 2.25. The van der Waals surface area contributed by atoms with Gasteiger partial charge in [-0.3, -0.25) is 0 Å². The highest BCUT2D eigenvalue weighted by atomic mass is 15.5. The fourth-order valence-electron chi connectivity index (χ4n) is 3.17. The molecule has 128 valence electrons. The van der Waals surface area contributed by atoms with Crippen molar-refractivity contribution in [2.24, 2.45) is 0 Å². The summed E-state index contributed by atoms with van der Waals surface area (Å²) in [5.74, 6) is 0. The zero-order chi connectivity index (χ0) is 18.1. The molecule has 0 radical (unpaired) electrons. The molecule has 0 unspecified atom stereocenters. The monoisotopic (exact) mass is 341 g/mol. The van der Waals surface area contributed by atoms with Gasteiger partial charge in [0.2, 0.25) is 11.4 Å². The number of rotatable bonds is 3. The van der Waals surface area contributed by atoms with E-state index < -0.39 is 0 Å². The molecule has 4 rings (SSSR count). The standard InChI is InChI=1S/C22H21N4/c1-16-4-8-19(9-5-16)21-12-18(3)26(25-14-23-24-15-25)22(13-21)20-10-6-17(2)7-11-20/h4-15H,1-3H3/q+1. The van der Waals surface area contributed by atoms with Crippen LogP contribution in [0, 0.1) is 20.8 Å². The molecule has 4 nitrogen and oxygen atoms in total. The zero-order valence-electron chi connectivity index (χ0n) is 15.2. The van der Waals surface area contributed by atoms with Gasteiger partial charge in [0.05, 0.1) is 0 Å².